The molecule has 0 fully saturated rings. The minimum absolute atomic E-state index is 0.00224. The van der Waals surface area contributed by atoms with Crippen molar-refractivity contribution >= 4 is 33.2 Å². The van der Waals surface area contributed by atoms with Crippen molar-refractivity contribution in [1.29, 1.82) is 5.26 Å². The van der Waals surface area contributed by atoms with Crippen LogP contribution in [0.3, 0.4) is 0 Å². The molecule has 0 saturated carbocycles. The standard InChI is InChI=1S/C10H10BrClN2/c1-7(5-13)6-14-10-3-2-8(12)4-9(10)11/h2-4,7,14H,6H2,1H3. The van der Waals surface area contributed by atoms with Crippen LogP contribution >= 0.6 is 27.5 Å². The van der Waals surface area contributed by atoms with Gasteiger partial charge in [0.15, 0.2) is 0 Å². The first kappa shape index (κ1) is 11.4. The summed E-state index contributed by atoms with van der Waals surface area (Å²) in [5.74, 6) is -0.00224. The first-order valence-corrected chi connectivity index (χ1v) is 5.39. The average molecular weight is 274 g/mol. The molecule has 1 atom stereocenters. The zero-order chi connectivity index (χ0) is 10.6. The lowest BCUT2D eigenvalue weighted by Crippen LogP contribution is -2.09. The summed E-state index contributed by atoms with van der Waals surface area (Å²) < 4.78 is 0.912. The molecule has 0 radical (unpaired) electrons. The van der Waals surface area contributed by atoms with E-state index in [-0.39, 0.29) is 5.92 Å². The smallest absolute Gasteiger partial charge is 0.0671 e. The predicted octanol–water partition coefficient (Wildman–Crippen LogP) is 3.67. The van der Waals surface area contributed by atoms with Gasteiger partial charge in [-0.2, -0.15) is 5.26 Å². The van der Waals surface area contributed by atoms with Crippen LogP contribution in [0.1, 0.15) is 6.92 Å². The second-order valence-corrected chi connectivity index (χ2v) is 4.33. The van der Waals surface area contributed by atoms with Gasteiger partial charge in [-0.05, 0) is 41.1 Å². The minimum atomic E-state index is -0.00224. The molecule has 0 bridgehead atoms. The number of hydrogen-bond donors (Lipinski definition) is 1. The molecule has 0 heterocycles. The van der Waals surface area contributed by atoms with Gasteiger partial charge in [-0.25, -0.2) is 0 Å². The molecule has 0 aliphatic heterocycles. The molecular formula is C10H10BrClN2. The summed E-state index contributed by atoms with van der Waals surface area (Å²) in [7, 11) is 0. The summed E-state index contributed by atoms with van der Waals surface area (Å²) in [6.45, 7) is 2.51. The highest BCUT2D eigenvalue weighted by Crippen LogP contribution is 2.25. The van der Waals surface area contributed by atoms with Crippen LogP contribution in [0.15, 0.2) is 22.7 Å². The fraction of sp³-hybridized carbons (Fsp3) is 0.300. The van der Waals surface area contributed by atoms with Gasteiger partial charge in [-0.15, -0.1) is 0 Å². The van der Waals surface area contributed by atoms with Crippen molar-refractivity contribution in [3.05, 3.63) is 27.7 Å². The fourth-order valence-corrected chi connectivity index (χ4v) is 1.76. The van der Waals surface area contributed by atoms with E-state index < -0.39 is 0 Å². The molecule has 2 nitrogen and oxygen atoms in total. The van der Waals surface area contributed by atoms with Gasteiger partial charge in [0.05, 0.1) is 12.0 Å². The Hall–Kier alpha value is -0.720. The van der Waals surface area contributed by atoms with E-state index in [2.05, 4.69) is 27.3 Å². The van der Waals surface area contributed by atoms with Crippen molar-refractivity contribution in [2.75, 3.05) is 11.9 Å². The molecule has 1 rings (SSSR count). The first-order chi connectivity index (χ1) is 6.63. The van der Waals surface area contributed by atoms with E-state index in [1.165, 1.54) is 0 Å². The lowest BCUT2D eigenvalue weighted by atomic mass is 10.2. The van der Waals surface area contributed by atoms with Crippen LogP contribution in [0.25, 0.3) is 0 Å². The quantitative estimate of drug-likeness (QED) is 0.912. The topological polar surface area (TPSA) is 35.8 Å². The van der Waals surface area contributed by atoms with Gasteiger partial charge < -0.3 is 5.32 Å². The third-order valence-electron chi connectivity index (χ3n) is 1.75. The summed E-state index contributed by atoms with van der Waals surface area (Å²) in [5.41, 5.74) is 0.955. The van der Waals surface area contributed by atoms with Crippen LogP contribution in [-0.2, 0) is 0 Å². The number of nitrogens with zero attached hydrogens (tertiary/aromatic N) is 1. The van der Waals surface area contributed by atoms with Crippen molar-refractivity contribution in [3.63, 3.8) is 0 Å². The highest BCUT2D eigenvalue weighted by atomic mass is 79.9. The molecule has 4 heteroatoms. The Morgan fingerprint density at radius 1 is 1.64 bits per heavy atom. The fourth-order valence-electron chi connectivity index (χ4n) is 0.942. The van der Waals surface area contributed by atoms with Crippen molar-refractivity contribution in [2.45, 2.75) is 6.92 Å². The Morgan fingerprint density at radius 3 is 2.93 bits per heavy atom. The second-order valence-electron chi connectivity index (χ2n) is 3.04. The van der Waals surface area contributed by atoms with Crippen molar-refractivity contribution < 1.29 is 0 Å². The van der Waals surface area contributed by atoms with Crippen LogP contribution < -0.4 is 5.32 Å². The molecule has 1 aromatic carbocycles. The predicted molar refractivity (Wildman–Crippen MR) is 62.4 cm³/mol. The molecule has 1 unspecified atom stereocenters. The molecule has 0 aliphatic carbocycles. The SMILES string of the molecule is CC(C#N)CNc1ccc(Cl)cc1Br. The van der Waals surface area contributed by atoms with E-state index in [0.29, 0.717) is 11.6 Å². The number of nitriles is 1. The highest BCUT2D eigenvalue weighted by molar-refractivity contribution is 9.10. The molecule has 0 amide bonds. The third-order valence-corrected chi connectivity index (χ3v) is 2.64. The zero-order valence-electron chi connectivity index (χ0n) is 7.72. The van der Waals surface area contributed by atoms with Gasteiger partial charge in [0, 0.05) is 21.7 Å². The summed E-state index contributed by atoms with van der Waals surface area (Å²) in [5, 5.41) is 12.5. The van der Waals surface area contributed by atoms with Crippen LogP contribution in [0.4, 0.5) is 5.69 Å². The molecule has 74 valence electrons. The second kappa shape index (κ2) is 5.23. The third kappa shape index (κ3) is 3.21. The summed E-state index contributed by atoms with van der Waals surface area (Å²) in [6, 6.07) is 7.68. The van der Waals surface area contributed by atoms with Crippen LogP contribution in [0.5, 0.6) is 0 Å². The first-order valence-electron chi connectivity index (χ1n) is 4.22. The maximum absolute atomic E-state index is 8.60. The summed E-state index contributed by atoms with van der Waals surface area (Å²) >= 11 is 9.19. The Kier molecular flexibility index (Phi) is 4.24. The number of hydrogen-bond acceptors (Lipinski definition) is 2. The maximum atomic E-state index is 8.60. The molecule has 0 aliphatic rings. The van der Waals surface area contributed by atoms with Gasteiger partial charge in [-0.1, -0.05) is 11.6 Å². The van der Waals surface area contributed by atoms with Crippen molar-refractivity contribution in [1.82, 2.24) is 0 Å². The largest absolute Gasteiger partial charge is 0.383 e. The maximum Gasteiger partial charge on any atom is 0.0671 e. The number of halogens is 2. The van der Waals surface area contributed by atoms with Crippen LogP contribution in [0.2, 0.25) is 5.02 Å². The summed E-state index contributed by atoms with van der Waals surface area (Å²) in [4.78, 5) is 0. The molecule has 0 aromatic heterocycles. The Labute approximate surface area is 97.0 Å². The number of benzene rings is 1. The monoisotopic (exact) mass is 272 g/mol. The lowest BCUT2D eigenvalue weighted by Gasteiger charge is -2.09. The van der Waals surface area contributed by atoms with E-state index in [0.717, 1.165) is 10.2 Å². The highest BCUT2D eigenvalue weighted by Gasteiger charge is 2.02. The van der Waals surface area contributed by atoms with Crippen LogP contribution in [-0.4, -0.2) is 6.54 Å². The van der Waals surface area contributed by atoms with Gasteiger partial charge in [0.2, 0.25) is 0 Å². The lowest BCUT2D eigenvalue weighted by molar-refractivity contribution is 0.786. The minimum Gasteiger partial charge on any atom is -0.383 e. The van der Waals surface area contributed by atoms with Gasteiger partial charge in [0.1, 0.15) is 0 Å². The molecule has 0 saturated heterocycles. The number of nitrogens with one attached hydrogen (secondary N) is 1. The van der Waals surface area contributed by atoms with E-state index in [9.17, 15) is 0 Å². The Morgan fingerprint density at radius 2 is 2.36 bits per heavy atom. The number of rotatable bonds is 3. The zero-order valence-corrected chi connectivity index (χ0v) is 10.1. The van der Waals surface area contributed by atoms with Crippen molar-refractivity contribution in [3.8, 4) is 6.07 Å². The van der Waals surface area contributed by atoms with Crippen LogP contribution in [0, 0.1) is 17.2 Å². The number of anilines is 1. The van der Waals surface area contributed by atoms with Gasteiger partial charge >= 0.3 is 0 Å². The van der Waals surface area contributed by atoms with Gasteiger partial charge in [-0.3, -0.25) is 0 Å². The molecule has 1 N–H and O–H groups in total. The molecule has 14 heavy (non-hydrogen) atoms. The average Bonchev–Trinajstić information content (AvgIpc) is 2.16. The Balaban J connectivity index is 2.64. The normalized spacial score (nSPS) is 11.9. The van der Waals surface area contributed by atoms with E-state index in [4.69, 9.17) is 16.9 Å². The summed E-state index contributed by atoms with van der Waals surface area (Å²) in [6.07, 6.45) is 0. The van der Waals surface area contributed by atoms with Gasteiger partial charge in [0.25, 0.3) is 0 Å². The molecule has 0 spiro atoms. The van der Waals surface area contributed by atoms with E-state index in [1.54, 1.807) is 0 Å². The molecule has 1 aromatic rings. The van der Waals surface area contributed by atoms with E-state index >= 15 is 0 Å². The molecular weight excluding hydrogens is 263 g/mol. The van der Waals surface area contributed by atoms with E-state index in [1.807, 2.05) is 25.1 Å². The van der Waals surface area contributed by atoms with Crippen molar-refractivity contribution in [2.24, 2.45) is 5.92 Å². The Bertz CT molecular complexity index is 360.